The first-order valence-corrected chi connectivity index (χ1v) is 7.80. The zero-order valence-corrected chi connectivity index (χ0v) is 12.9. The number of sulfonamides is 1. The smallest absolute Gasteiger partial charge is 0.265 e. The van der Waals surface area contributed by atoms with Crippen molar-refractivity contribution in [3.63, 3.8) is 0 Å². The van der Waals surface area contributed by atoms with Gasteiger partial charge in [-0.3, -0.25) is 4.72 Å². The van der Waals surface area contributed by atoms with Crippen LogP contribution in [0.3, 0.4) is 0 Å². The molecule has 0 spiro atoms. The van der Waals surface area contributed by atoms with Crippen LogP contribution in [0.1, 0.15) is 5.56 Å². The Morgan fingerprint density at radius 2 is 1.89 bits per heavy atom. The molecule has 0 bridgehead atoms. The number of anilines is 1. The summed E-state index contributed by atoms with van der Waals surface area (Å²) in [5.41, 5.74) is 1.46. The number of hydrogen-bond donors (Lipinski definition) is 1. The lowest BCUT2D eigenvalue weighted by Gasteiger charge is -2.09. The van der Waals surface area contributed by atoms with Gasteiger partial charge >= 0.3 is 0 Å². The molecule has 19 heavy (non-hydrogen) atoms. The van der Waals surface area contributed by atoms with Crippen LogP contribution in [0.2, 0.25) is 5.28 Å². The number of hydrogen-bond acceptors (Lipinski definition) is 4. The molecule has 0 atom stereocenters. The monoisotopic (exact) mass is 361 g/mol. The zero-order valence-electron chi connectivity index (χ0n) is 9.76. The van der Waals surface area contributed by atoms with Crippen molar-refractivity contribution in [2.45, 2.75) is 11.8 Å². The lowest BCUT2D eigenvalue weighted by atomic mass is 10.2. The minimum absolute atomic E-state index is 0.00420. The number of aromatic nitrogens is 2. The van der Waals surface area contributed by atoms with Gasteiger partial charge in [-0.25, -0.2) is 18.4 Å². The van der Waals surface area contributed by atoms with Crippen molar-refractivity contribution in [3.05, 3.63) is 45.9 Å². The Bertz CT molecular complexity index is 704. The summed E-state index contributed by atoms with van der Waals surface area (Å²) >= 11 is 8.82. The zero-order chi connectivity index (χ0) is 14.0. The van der Waals surface area contributed by atoms with E-state index in [9.17, 15) is 8.42 Å². The molecule has 5 nitrogen and oxygen atoms in total. The molecule has 0 amide bonds. The SMILES string of the molecule is Cc1ccc(NS(=O)(=O)c2cnc(Cl)nc2)c(Br)c1. The number of benzene rings is 1. The van der Waals surface area contributed by atoms with Crippen molar-refractivity contribution < 1.29 is 8.42 Å². The molecule has 0 aliphatic carbocycles. The van der Waals surface area contributed by atoms with Crippen LogP contribution in [0, 0.1) is 6.92 Å². The van der Waals surface area contributed by atoms with E-state index in [1.807, 2.05) is 13.0 Å². The van der Waals surface area contributed by atoms with E-state index in [0.29, 0.717) is 10.2 Å². The second-order valence-electron chi connectivity index (χ2n) is 3.78. The Labute approximate surface area is 124 Å². The average Bonchev–Trinajstić information content (AvgIpc) is 2.33. The van der Waals surface area contributed by atoms with Crippen LogP contribution in [0.4, 0.5) is 5.69 Å². The van der Waals surface area contributed by atoms with Gasteiger partial charge in [0, 0.05) is 4.47 Å². The second kappa shape index (κ2) is 5.44. The molecule has 0 fully saturated rings. The highest BCUT2D eigenvalue weighted by atomic mass is 79.9. The lowest BCUT2D eigenvalue weighted by molar-refractivity contribution is 0.600. The summed E-state index contributed by atoms with van der Waals surface area (Å²) in [7, 11) is -3.73. The maximum Gasteiger partial charge on any atom is 0.265 e. The standard InChI is InChI=1S/C11H9BrClN3O2S/c1-7-2-3-10(9(12)4-7)16-19(17,18)8-5-14-11(13)15-6-8/h2-6,16H,1H3. The van der Waals surface area contributed by atoms with E-state index in [0.717, 1.165) is 18.0 Å². The fourth-order valence-corrected chi connectivity index (χ4v) is 3.14. The summed E-state index contributed by atoms with van der Waals surface area (Å²) in [6.45, 7) is 1.91. The largest absolute Gasteiger partial charge is 0.278 e. The molecular weight excluding hydrogens is 354 g/mol. The highest BCUT2D eigenvalue weighted by Crippen LogP contribution is 2.25. The number of rotatable bonds is 3. The molecule has 0 unspecified atom stereocenters. The third-order valence-electron chi connectivity index (χ3n) is 2.28. The molecule has 1 heterocycles. The maximum atomic E-state index is 12.1. The van der Waals surface area contributed by atoms with Gasteiger partial charge in [-0.1, -0.05) is 6.07 Å². The molecule has 8 heteroatoms. The molecule has 0 aliphatic rings. The van der Waals surface area contributed by atoms with Gasteiger partial charge in [0.25, 0.3) is 10.0 Å². The predicted molar refractivity (Wildman–Crippen MR) is 76.7 cm³/mol. The van der Waals surface area contributed by atoms with E-state index >= 15 is 0 Å². The quantitative estimate of drug-likeness (QED) is 0.852. The van der Waals surface area contributed by atoms with Crippen LogP contribution >= 0.6 is 27.5 Å². The fourth-order valence-electron chi connectivity index (χ4n) is 1.35. The van der Waals surface area contributed by atoms with Gasteiger partial charge in [0.05, 0.1) is 18.1 Å². The third kappa shape index (κ3) is 3.43. The van der Waals surface area contributed by atoms with E-state index < -0.39 is 10.0 Å². The number of nitrogens with one attached hydrogen (secondary N) is 1. The Hall–Kier alpha value is -1.18. The molecule has 1 aromatic carbocycles. The minimum atomic E-state index is -3.73. The van der Waals surface area contributed by atoms with Gasteiger partial charge < -0.3 is 0 Å². The van der Waals surface area contributed by atoms with Crippen molar-refractivity contribution in [3.8, 4) is 0 Å². The molecule has 1 aromatic heterocycles. The van der Waals surface area contributed by atoms with Gasteiger partial charge in [-0.2, -0.15) is 0 Å². The highest BCUT2D eigenvalue weighted by Gasteiger charge is 2.16. The van der Waals surface area contributed by atoms with Gasteiger partial charge in [-0.15, -0.1) is 0 Å². The van der Waals surface area contributed by atoms with Crippen LogP contribution in [-0.2, 0) is 10.0 Å². The van der Waals surface area contributed by atoms with Crippen molar-refractivity contribution in [1.82, 2.24) is 9.97 Å². The second-order valence-corrected chi connectivity index (χ2v) is 6.65. The first-order chi connectivity index (χ1) is 8.88. The Balaban J connectivity index is 2.33. The molecule has 2 aromatic rings. The molecule has 0 radical (unpaired) electrons. The summed E-state index contributed by atoms with van der Waals surface area (Å²) in [6.07, 6.45) is 2.31. The van der Waals surface area contributed by atoms with E-state index in [1.54, 1.807) is 12.1 Å². The van der Waals surface area contributed by atoms with Crippen LogP contribution in [0.5, 0.6) is 0 Å². The highest BCUT2D eigenvalue weighted by molar-refractivity contribution is 9.10. The van der Waals surface area contributed by atoms with Crippen LogP contribution in [0.25, 0.3) is 0 Å². The average molecular weight is 363 g/mol. The Morgan fingerprint density at radius 1 is 1.26 bits per heavy atom. The first-order valence-electron chi connectivity index (χ1n) is 5.15. The van der Waals surface area contributed by atoms with E-state index in [1.165, 1.54) is 0 Å². The van der Waals surface area contributed by atoms with E-state index in [-0.39, 0.29) is 10.2 Å². The third-order valence-corrected chi connectivity index (χ3v) is 4.45. The van der Waals surface area contributed by atoms with Gasteiger partial charge in [0.15, 0.2) is 0 Å². The summed E-state index contributed by atoms with van der Waals surface area (Å²) in [5.74, 6) is 0. The van der Waals surface area contributed by atoms with Crippen molar-refractivity contribution in [2.75, 3.05) is 4.72 Å². The van der Waals surface area contributed by atoms with Crippen LogP contribution < -0.4 is 4.72 Å². The van der Waals surface area contributed by atoms with Crippen LogP contribution in [0.15, 0.2) is 40.0 Å². The molecular formula is C11H9BrClN3O2S. The first kappa shape index (κ1) is 14.2. The fraction of sp³-hybridized carbons (Fsp3) is 0.0909. The number of nitrogens with zero attached hydrogens (tertiary/aromatic N) is 2. The van der Waals surface area contributed by atoms with Crippen molar-refractivity contribution in [1.29, 1.82) is 0 Å². The van der Waals surface area contributed by atoms with Crippen LogP contribution in [-0.4, -0.2) is 18.4 Å². The molecule has 100 valence electrons. The molecule has 0 saturated heterocycles. The van der Waals surface area contributed by atoms with Crippen molar-refractivity contribution >= 4 is 43.2 Å². The summed E-state index contributed by atoms with van der Waals surface area (Å²) in [5, 5.41) is -0.00420. The molecule has 2 rings (SSSR count). The van der Waals surface area contributed by atoms with Crippen molar-refractivity contribution in [2.24, 2.45) is 0 Å². The molecule has 0 aliphatic heterocycles. The van der Waals surface area contributed by atoms with Gasteiger partial charge in [-0.05, 0) is 52.2 Å². The summed E-state index contributed by atoms with van der Waals surface area (Å²) in [4.78, 5) is 7.24. The normalized spacial score (nSPS) is 11.3. The molecule has 1 N–H and O–H groups in total. The van der Waals surface area contributed by atoms with E-state index in [4.69, 9.17) is 11.6 Å². The lowest BCUT2D eigenvalue weighted by Crippen LogP contribution is -2.14. The van der Waals surface area contributed by atoms with Gasteiger partial charge in [0.1, 0.15) is 4.90 Å². The topological polar surface area (TPSA) is 72.0 Å². The Morgan fingerprint density at radius 3 is 2.47 bits per heavy atom. The maximum absolute atomic E-state index is 12.1. The number of aryl methyl sites for hydroxylation is 1. The summed E-state index contributed by atoms with van der Waals surface area (Å²) in [6, 6.07) is 5.30. The minimum Gasteiger partial charge on any atom is -0.278 e. The number of halogens is 2. The predicted octanol–water partition coefficient (Wildman–Crippen LogP) is 3.00. The summed E-state index contributed by atoms with van der Waals surface area (Å²) < 4.78 is 27.3. The van der Waals surface area contributed by atoms with E-state index in [2.05, 4.69) is 30.6 Å². The molecule has 0 saturated carbocycles. The Kier molecular flexibility index (Phi) is 4.07. The van der Waals surface area contributed by atoms with Gasteiger partial charge in [0.2, 0.25) is 5.28 Å².